The Morgan fingerprint density at radius 1 is 1.50 bits per heavy atom. The van der Waals surface area contributed by atoms with E-state index >= 15 is 0 Å². The van der Waals surface area contributed by atoms with E-state index in [0.29, 0.717) is 12.3 Å². The molecule has 1 fully saturated rings. The van der Waals surface area contributed by atoms with E-state index < -0.39 is 0 Å². The second kappa shape index (κ2) is 6.52. The Balaban J connectivity index is 1.58. The van der Waals surface area contributed by atoms with E-state index in [4.69, 9.17) is 0 Å². The van der Waals surface area contributed by atoms with Crippen LogP contribution in [0.15, 0.2) is 24.4 Å². The van der Waals surface area contributed by atoms with Crippen molar-refractivity contribution in [2.45, 2.75) is 19.8 Å². The Hall–Kier alpha value is -1.82. The minimum absolute atomic E-state index is 0.123. The number of H-pyrrole nitrogens is 1. The number of nitrogens with zero attached hydrogens (tertiary/aromatic N) is 2. The minimum Gasteiger partial charge on any atom is -0.342 e. The fourth-order valence-electron chi connectivity index (χ4n) is 2.92. The molecule has 3 rings (SSSR count). The van der Waals surface area contributed by atoms with Gasteiger partial charge in [0, 0.05) is 37.6 Å². The number of fused-ring (bicyclic) bond motifs is 1. The number of hydrogen-bond acceptors (Lipinski definition) is 4. The van der Waals surface area contributed by atoms with Crippen LogP contribution in [0.25, 0.3) is 10.9 Å². The van der Waals surface area contributed by atoms with Crippen LogP contribution in [0, 0.1) is 5.92 Å². The Kier molecular flexibility index (Phi) is 4.47. The summed E-state index contributed by atoms with van der Waals surface area (Å²) in [4.78, 5) is 25.0. The van der Waals surface area contributed by atoms with Crippen LogP contribution in [-0.4, -0.2) is 45.0 Å². The van der Waals surface area contributed by atoms with E-state index in [1.54, 1.807) is 6.92 Å². The van der Waals surface area contributed by atoms with Gasteiger partial charge in [0.15, 0.2) is 5.12 Å². The molecule has 2 aromatic rings. The SMILES string of the molecule is CC(=O)SCC1CC(=O)N(CCc2cccc3[nH]ncc23)C1. The average Bonchev–Trinajstić information content (AvgIpc) is 3.09. The number of carbonyl (C=O) groups is 2. The van der Waals surface area contributed by atoms with Crippen LogP contribution >= 0.6 is 11.8 Å². The van der Waals surface area contributed by atoms with Gasteiger partial charge in [0.25, 0.3) is 0 Å². The first-order chi connectivity index (χ1) is 10.6. The van der Waals surface area contributed by atoms with Crippen molar-refractivity contribution in [1.29, 1.82) is 0 Å². The van der Waals surface area contributed by atoms with E-state index in [-0.39, 0.29) is 11.0 Å². The first kappa shape index (κ1) is 15.1. The summed E-state index contributed by atoms with van der Waals surface area (Å²) in [6.45, 7) is 3.07. The van der Waals surface area contributed by atoms with Crippen molar-refractivity contribution in [3.8, 4) is 0 Å². The number of aromatic nitrogens is 2. The lowest BCUT2D eigenvalue weighted by atomic mass is 10.1. The molecular weight excluding hydrogens is 298 g/mol. The Morgan fingerprint density at radius 3 is 3.18 bits per heavy atom. The molecule has 1 aliphatic rings. The van der Waals surface area contributed by atoms with Gasteiger partial charge >= 0.3 is 0 Å². The minimum atomic E-state index is 0.123. The monoisotopic (exact) mass is 317 g/mol. The van der Waals surface area contributed by atoms with E-state index in [9.17, 15) is 9.59 Å². The lowest BCUT2D eigenvalue weighted by Gasteiger charge is -2.16. The zero-order valence-corrected chi connectivity index (χ0v) is 13.4. The third-order valence-corrected chi connectivity index (χ3v) is 5.09. The number of carbonyl (C=O) groups excluding carboxylic acids is 2. The van der Waals surface area contributed by atoms with E-state index in [1.165, 1.54) is 17.3 Å². The molecule has 1 unspecified atom stereocenters. The summed E-state index contributed by atoms with van der Waals surface area (Å²) < 4.78 is 0. The number of aromatic amines is 1. The van der Waals surface area contributed by atoms with Gasteiger partial charge in [-0.25, -0.2) is 0 Å². The lowest BCUT2D eigenvalue weighted by Crippen LogP contribution is -2.27. The fraction of sp³-hybridized carbons (Fsp3) is 0.438. The highest BCUT2D eigenvalue weighted by atomic mass is 32.2. The normalized spacial score (nSPS) is 18.3. The average molecular weight is 317 g/mol. The number of rotatable bonds is 5. The smallest absolute Gasteiger partial charge is 0.222 e. The van der Waals surface area contributed by atoms with Crippen LogP contribution in [0.2, 0.25) is 0 Å². The fourth-order valence-corrected chi connectivity index (χ4v) is 3.61. The van der Waals surface area contributed by atoms with Crippen molar-refractivity contribution in [1.82, 2.24) is 15.1 Å². The predicted octanol–water partition coefficient (Wildman–Crippen LogP) is 2.23. The number of nitrogens with one attached hydrogen (secondary N) is 1. The molecule has 116 valence electrons. The van der Waals surface area contributed by atoms with Crippen molar-refractivity contribution >= 4 is 33.7 Å². The van der Waals surface area contributed by atoms with Crippen LogP contribution in [0.1, 0.15) is 18.9 Å². The molecule has 0 spiro atoms. The molecule has 1 aliphatic heterocycles. The number of likely N-dealkylation sites (tertiary alicyclic amines) is 1. The first-order valence-electron chi connectivity index (χ1n) is 7.45. The molecule has 1 atom stereocenters. The van der Waals surface area contributed by atoms with Gasteiger partial charge in [0.2, 0.25) is 5.91 Å². The van der Waals surface area contributed by atoms with Crippen LogP contribution in [0.3, 0.4) is 0 Å². The van der Waals surface area contributed by atoms with Gasteiger partial charge in [0.05, 0.1) is 11.7 Å². The van der Waals surface area contributed by atoms with Crippen molar-refractivity contribution < 1.29 is 9.59 Å². The summed E-state index contributed by atoms with van der Waals surface area (Å²) in [6.07, 6.45) is 3.23. The number of benzene rings is 1. The Bertz CT molecular complexity index is 698. The highest BCUT2D eigenvalue weighted by Crippen LogP contribution is 2.23. The largest absolute Gasteiger partial charge is 0.342 e. The number of hydrogen-bond donors (Lipinski definition) is 1. The molecule has 0 radical (unpaired) electrons. The topological polar surface area (TPSA) is 66.1 Å². The molecule has 1 saturated heterocycles. The van der Waals surface area contributed by atoms with Crippen molar-refractivity contribution in [3.63, 3.8) is 0 Å². The molecule has 6 heteroatoms. The molecule has 1 aromatic carbocycles. The van der Waals surface area contributed by atoms with Crippen LogP contribution in [-0.2, 0) is 16.0 Å². The Morgan fingerprint density at radius 2 is 2.36 bits per heavy atom. The van der Waals surface area contributed by atoms with Gasteiger partial charge in [-0.3, -0.25) is 14.7 Å². The highest BCUT2D eigenvalue weighted by molar-refractivity contribution is 8.13. The molecule has 1 amide bonds. The molecule has 5 nitrogen and oxygen atoms in total. The molecule has 0 bridgehead atoms. The summed E-state index contributed by atoms with van der Waals surface area (Å²) in [7, 11) is 0. The number of thioether (sulfide) groups is 1. The van der Waals surface area contributed by atoms with Gasteiger partial charge in [-0.1, -0.05) is 23.9 Å². The van der Waals surface area contributed by atoms with Crippen molar-refractivity contribution in [2.24, 2.45) is 5.92 Å². The van der Waals surface area contributed by atoms with Crippen molar-refractivity contribution in [2.75, 3.05) is 18.8 Å². The van der Waals surface area contributed by atoms with Gasteiger partial charge in [-0.2, -0.15) is 5.10 Å². The predicted molar refractivity (Wildman–Crippen MR) is 87.6 cm³/mol. The summed E-state index contributed by atoms with van der Waals surface area (Å²) in [6, 6.07) is 6.09. The maximum Gasteiger partial charge on any atom is 0.222 e. The van der Waals surface area contributed by atoms with E-state index in [2.05, 4.69) is 16.3 Å². The molecule has 2 heterocycles. The second-order valence-electron chi connectivity index (χ2n) is 5.71. The summed E-state index contributed by atoms with van der Waals surface area (Å²) >= 11 is 1.32. The summed E-state index contributed by atoms with van der Waals surface area (Å²) in [5.41, 5.74) is 2.24. The van der Waals surface area contributed by atoms with E-state index in [0.717, 1.165) is 36.2 Å². The standard InChI is InChI=1S/C16H19N3O2S/c1-11(20)22-10-12-7-16(21)19(9-12)6-5-13-3-2-4-15-14(13)8-17-18-15/h2-4,8,12H,5-7,9-10H2,1H3,(H,17,18). The summed E-state index contributed by atoms with van der Waals surface area (Å²) in [5, 5.41) is 8.28. The first-order valence-corrected chi connectivity index (χ1v) is 8.44. The molecule has 0 aliphatic carbocycles. The summed E-state index contributed by atoms with van der Waals surface area (Å²) in [5.74, 6) is 1.24. The molecule has 22 heavy (non-hydrogen) atoms. The highest BCUT2D eigenvalue weighted by Gasteiger charge is 2.29. The molecular formula is C16H19N3O2S. The second-order valence-corrected chi connectivity index (χ2v) is 6.91. The van der Waals surface area contributed by atoms with Crippen LogP contribution in [0.5, 0.6) is 0 Å². The van der Waals surface area contributed by atoms with E-state index in [1.807, 2.05) is 23.2 Å². The maximum absolute atomic E-state index is 12.1. The third-order valence-electron chi connectivity index (χ3n) is 4.04. The lowest BCUT2D eigenvalue weighted by molar-refractivity contribution is -0.127. The molecule has 0 saturated carbocycles. The van der Waals surface area contributed by atoms with Gasteiger partial charge in [0.1, 0.15) is 0 Å². The van der Waals surface area contributed by atoms with Crippen molar-refractivity contribution in [3.05, 3.63) is 30.0 Å². The zero-order valence-electron chi connectivity index (χ0n) is 12.5. The quantitative estimate of drug-likeness (QED) is 0.918. The molecule has 1 aromatic heterocycles. The van der Waals surface area contributed by atoms with Gasteiger partial charge < -0.3 is 4.90 Å². The zero-order chi connectivity index (χ0) is 15.5. The van der Waals surface area contributed by atoms with Gasteiger partial charge in [-0.05, 0) is 24.0 Å². The Labute approximate surface area is 133 Å². The number of amides is 1. The van der Waals surface area contributed by atoms with Crippen LogP contribution < -0.4 is 0 Å². The maximum atomic E-state index is 12.1. The molecule has 1 N–H and O–H groups in total. The van der Waals surface area contributed by atoms with Crippen LogP contribution in [0.4, 0.5) is 0 Å². The third kappa shape index (κ3) is 3.32. The van der Waals surface area contributed by atoms with Gasteiger partial charge in [-0.15, -0.1) is 0 Å².